The number of esters is 2. The van der Waals surface area contributed by atoms with Crippen LogP contribution in [0.5, 0.6) is 11.5 Å². The first-order chi connectivity index (χ1) is 25.5. The van der Waals surface area contributed by atoms with Gasteiger partial charge in [0, 0.05) is 11.1 Å². The van der Waals surface area contributed by atoms with E-state index in [1.165, 1.54) is 12.8 Å². The Balaban J connectivity index is 1.57. The number of benzene rings is 3. The van der Waals surface area contributed by atoms with Crippen LogP contribution in [-0.4, -0.2) is 37.4 Å². The molecule has 2 saturated carbocycles. The molecule has 54 heavy (non-hydrogen) atoms. The molecule has 8 heteroatoms. The second-order valence-corrected chi connectivity index (χ2v) is 18.6. The smallest absolute Gasteiger partial charge is 0.337 e. The highest BCUT2D eigenvalue weighted by Gasteiger charge is 2.35. The molecular weight excluding hydrogens is 808 g/mol. The summed E-state index contributed by atoms with van der Waals surface area (Å²) in [7, 11) is 0. The van der Waals surface area contributed by atoms with E-state index in [0.29, 0.717) is 67.1 Å². The third-order valence-corrected chi connectivity index (χ3v) is 13.3. The standard InChI is InChI=1S/C46H60Br2O6/c1-25(2)33-15-11-29(7)21-37(33)51-23-39(49)53-45-41(35-17-13-27(5)19-31(35)9)44(48)46(42(43(45)47)36-18-14-28(6)20-32(36)10)54-40(50)24-52-38-22-30(8)12-16-34(38)26(3)4/h13-14,17-20,25-26,29-30,33-34,37-38H,11-12,15-16,21-24H2,1-10H3/t29-,30+,33-,34-,37-,38-/m1/s1. The minimum Gasteiger partial charge on any atom is -0.423 e. The molecule has 0 radical (unpaired) electrons. The summed E-state index contributed by atoms with van der Waals surface area (Å²) in [6, 6.07) is 12.3. The molecule has 2 aliphatic carbocycles. The van der Waals surface area contributed by atoms with Gasteiger partial charge >= 0.3 is 11.9 Å². The van der Waals surface area contributed by atoms with Crippen LogP contribution in [-0.2, 0) is 19.1 Å². The minimum atomic E-state index is -0.486. The van der Waals surface area contributed by atoms with Crippen molar-refractivity contribution in [1.82, 2.24) is 0 Å². The molecule has 0 aromatic heterocycles. The van der Waals surface area contributed by atoms with Crippen molar-refractivity contribution >= 4 is 43.8 Å². The molecule has 294 valence electrons. The predicted molar refractivity (Wildman–Crippen MR) is 225 cm³/mol. The van der Waals surface area contributed by atoms with Gasteiger partial charge in [-0.1, -0.05) is 102 Å². The van der Waals surface area contributed by atoms with Crippen LogP contribution in [0.25, 0.3) is 22.3 Å². The van der Waals surface area contributed by atoms with Gasteiger partial charge in [-0.3, -0.25) is 0 Å². The summed E-state index contributed by atoms with van der Waals surface area (Å²) in [5, 5.41) is 0. The van der Waals surface area contributed by atoms with E-state index in [4.69, 9.17) is 18.9 Å². The van der Waals surface area contributed by atoms with Gasteiger partial charge in [-0.25, -0.2) is 9.59 Å². The molecule has 6 nitrogen and oxygen atoms in total. The first-order valence-electron chi connectivity index (χ1n) is 19.9. The molecule has 2 aliphatic rings. The largest absolute Gasteiger partial charge is 0.423 e. The van der Waals surface area contributed by atoms with Gasteiger partial charge in [0.1, 0.15) is 13.2 Å². The third kappa shape index (κ3) is 10.1. The van der Waals surface area contributed by atoms with E-state index >= 15 is 0 Å². The first kappa shape index (κ1) is 42.6. The van der Waals surface area contributed by atoms with E-state index < -0.39 is 11.9 Å². The lowest BCUT2D eigenvalue weighted by atomic mass is 9.75. The Hall–Kier alpha value is -2.52. The van der Waals surface area contributed by atoms with Crippen molar-refractivity contribution in [2.75, 3.05) is 13.2 Å². The molecule has 0 saturated heterocycles. The number of rotatable bonds is 12. The Labute approximate surface area is 340 Å². The zero-order chi connectivity index (χ0) is 39.4. The van der Waals surface area contributed by atoms with E-state index in [1.807, 2.05) is 52.0 Å². The van der Waals surface area contributed by atoms with Gasteiger partial charge in [0.15, 0.2) is 11.5 Å². The van der Waals surface area contributed by atoms with Crippen LogP contribution < -0.4 is 9.47 Å². The summed E-state index contributed by atoms with van der Waals surface area (Å²) in [5.74, 6) is 2.51. The van der Waals surface area contributed by atoms with Crippen molar-refractivity contribution < 1.29 is 28.5 Å². The van der Waals surface area contributed by atoms with E-state index in [1.54, 1.807) is 0 Å². The van der Waals surface area contributed by atoms with E-state index in [9.17, 15) is 9.59 Å². The molecule has 0 spiro atoms. The van der Waals surface area contributed by atoms with Crippen molar-refractivity contribution in [3.05, 3.63) is 67.6 Å². The average molecular weight is 869 g/mol. The lowest BCUT2D eigenvalue weighted by molar-refractivity contribution is -0.145. The maximum Gasteiger partial charge on any atom is 0.337 e. The van der Waals surface area contributed by atoms with Gasteiger partial charge in [-0.2, -0.15) is 0 Å². The summed E-state index contributed by atoms with van der Waals surface area (Å²) in [5.41, 5.74) is 7.08. The number of carbonyl (C=O) groups is 2. The van der Waals surface area contributed by atoms with Gasteiger partial charge in [-0.05, 0) is 143 Å². The Morgan fingerprint density at radius 1 is 0.630 bits per heavy atom. The Morgan fingerprint density at radius 2 is 1.00 bits per heavy atom. The fourth-order valence-corrected chi connectivity index (χ4v) is 10.1. The summed E-state index contributed by atoms with van der Waals surface area (Å²) >= 11 is 7.79. The number of aryl methyl sites for hydroxylation is 4. The van der Waals surface area contributed by atoms with E-state index in [0.717, 1.165) is 59.1 Å². The van der Waals surface area contributed by atoms with Crippen molar-refractivity contribution in [3.8, 4) is 33.8 Å². The Bertz CT molecular complexity index is 1680. The number of halogens is 2. The Morgan fingerprint density at radius 3 is 1.33 bits per heavy atom. The fourth-order valence-electron chi connectivity index (χ4n) is 8.76. The summed E-state index contributed by atoms with van der Waals surface area (Å²) < 4.78 is 26.5. The van der Waals surface area contributed by atoms with E-state index in [2.05, 4.69) is 85.5 Å². The Kier molecular flexibility index (Phi) is 14.7. The van der Waals surface area contributed by atoms with Gasteiger partial charge in [0.05, 0.1) is 21.2 Å². The van der Waals surface area contributed by atoms with Gasteiger partial charge in [0.25, 0.3) is 0 Å². The summed E-state index contributed by atoms with van der Waals surface area (Å²) in [6.07, 6.45) is 6.39. The molecule has 0 N–H and O–H groups in total. The van der Waals surface area contributed by atoms with Crippen LogP contribution in [0.1, 0.15) is 102 Å². The highest BCUT2D eigenvalue weighted by molar-refractivity contribution is 9.11. The predicted octanol–water partition coefficient (Wildman–Crippen LogP) is 12.5. The monoisotopic (exact) mass is 866 g/mol. The number of hydrogen-bond acceptors (Lipinski definition) is 6. The lowest BCUT2D eigenvalue weighted by Crippen LogP contribution is -2.36. The van der Waals surface area contributed by atoms with Crippen LogP contribution >= 0.6 is 31.9 Å². The second-order valence-electron chi connectivity index (χ2n) is 17.0. The van der Waals surface area contributed by atoms with Crippen molar-refractivity contribution in [2.45, 2.75) is 120 Å². The van der Waals surface area contributed by atoms with Crippen LogP contribution in [0.3, 0.4) is 0 Å². The normalized spacial score (nSPS) is 23.1. The average Bonchev–Trinajstić information content (AvgIpc) is 3.09. The fraction of sp³-hybridized carbons (Fsp3) is 0.565. The lowest BCUT2D eigenvalue weighted by Gasteiger charge is -2.37. The molecule has 5 rings (SSSR count). The molecule has 0 bridgehead atoms. The topological polar surface area (TPSA) is 71.1 Å². The van der Waals surface area contributed by atoms with Crippen molar-refractivity contribution in [1.29, 1.82) is 0 Å². The molecule has 0 amide bonds. The third-order valence-electron chi connectivity index (χ3n) is 11.8. The van der Waals surface area contributed by atoms with Crippen LogP contribution in [0.4, 0.5) is 0 Å². The number of carbonyl (C=O) groups excluding carboxylic acids is 2. The summed E-state index contributed by atoms with van der Waals surface area (Å²) in [4.78, 5) is 27.7. The van der Waals surface area contributed by atoms with Crippen LogP contribution in [0.2, 0.25) is 0 Å². The molecule has 2 fully saturated rings. The van der Waals surface area contributed by atoms with Crippen molar-refractivity contribution in [3.63, 3.8) is 0 Å². The van der Waals surface area contributed by atoms with Gasteiger partial charge < -0.3 is 18.9 Å². The molecule has 6 atom stereocenters. The quantitative estimate of drug-likeness (QED) is 0.133. The SMILES string of the molecule is Cc1ccc(-c2c(Br)c(OC(=O)CO[C@@H]3C[C@@H](C)CC[C@@H]3C(C)C)c(-c3ccc(C)cc3C)c(Br)c2OC(=O)CO[C@@H]2C[C@H](C)CC[C@@H]2C(C)C)c(C)c1. The highest BCUT2D eigenvalue weighted by Crippen LogP contribution is 2.55. The second kappa shape index (κ2) is 18.6. The maximum atomic E-state index is 13.9. The zero-order valence-electron chi connectivity index (χ0n) is 33.9. The molecule has 0 aliphatic heterocycles. The number of ether oxygens (including phenoxy) is 4. The number of hydrogen-bond donors (Lipinski definition) is 0. The van der Waals surface area contributed by atoms with Crippen molar-refractivity contribution in [2.24, 2.45) is 35.5 Å². The van der Waals surface area contributed by atoms with Gasteiger partial charge in [-0.15, -0.1) is 0 Å². The molecule has 3 aromatic rings. The zero-order valence-corrected chi connectivity index (χ0v) is 37.1. The molecule has 3 aromatic carbocycles. The van der Waals surface area contributed by atoms with E-state index in [-0.39, 0.29) is 25.4 Å². The van der Waals surface area contributed by atoms with Crippen LogP contribution in [0, 0.1) is 63.2 Å². The van der Waals surface area contributed by atoms with Gasteiger partial charge in [0.2, 0.25) is 0 Å². The highest BCUT2D eigenvalue weighted by atomic mass is 79.9. The molecular formula is C46H60Br2O6. The summed E-state index contributed by atoms with van der Waals surface area (Å²) in [6.45, 7) is 21.2. The molecule has 0 heterocycles. The first-order valence-corrected chi connectivity index (χ1v) is 21.5. The minimum absolute atomic E-state index is 0.00212. The van der Waals surface area contributed by atoms with Crippen LogP contribution in [0.15, 0.2) is 45.3 Å². The molecule has 0 unspecified atom stereocenters. The maximum absolute atomic E-state index is 13.9.